The molecule has 14 heteroatoms. The van der Waals surface area contributed by atoms with Gasteiger partial charge in [0.2, 0.25) is 7.37 Å². The Hall–Kier alpha value is -3.15. The number of aliphatic carboxylic acids is 1. The van der Waals surface area contributed by atoms with Gasteiger partial charge in [-0.1, -0.05) is 6.07 Å². The summed E-state index contributed by atoms with van der Waals surface area (Å²) < 4.78 is 35.8. The Balaban J connectivity index is 1.78. The first-order chi connectivity index (χ1) is 19.9. The molecule has 1 aliphatic heterocycles. The van der Waals surface area contributed by atoms with Crippen LogP contribution in [0.2, 0.25) is 0 Å². The van der Waals surface area contributed by atoms with Crippen molar-refractivity contribution in [3.05, 3.63) is 34.3 Å². The van der Waals surface area contributed by atoms with Crippen LogP contribution in [0, 0.1) is 0 Å². The summed E-state index contributed by atoms with van der Waals surface area (Å²) in [6.07, 6.45) is -1.22. The van der Waals surface area contributed by atoms with E-state index in [1.807, 2.05) is 11.0 Å². The summed E-state index contributed by atoms with van der Waals surface area (Å²) in [4.78, 5) is 55.5. The highest BCUT2D eigenvalue weighted by molar-refractivity contribution is 7.62. The van der Waals surface area contributed by atoms with Crippen molar-refractivity contribution in [3.63, 3.8) is 0 Å². The zero-order valence-electron chi connectivity index (χ0n) is 26.1. The maximum Gasteiger partial charge on any atom is 0.419 e. The van der Waals surface area contributed by atoms with Gasteiger partial charge in [0.05, 0.1) is 12.1 Å². The quantitative estimate of drug-likeness (QED) is 0.255. The molecule has 0 radical (unpaired) electrons. The average Bonchev–Trinajstić information content (AvgIpc) is 3.22. The zero-order chi connectivity index (χ0) is 32.2. The molecule has 1 aliphatic rings. The molecule has 0 spiro atoms. The fourth-order valence-electron chi connectivity index (χ4n) is 5.07. The molecule has 3 rings (SSSR count). The first-order valence-corrected chi connectivity index (χ1v) is 16.2. The van der Waals surface area contributed by atoms with E-state index in [2.05, 4.69) is 4.98 Å². The van der Waals surface area contributed by atoms with Crippen molar-refractivity contribution in [3.8, 4) is 0 Å². The van der Waals surface area contributed by atoms with E-state index in [1.165, 1.54) is 0 Å². The topological polar surface area (TPSA) is 169 Å². The number of hydrogen-bond acceptors (Lipinski definition) is 10. The molecule has 2 atom stereocenters. The fourth-order valence-corrected chi connectivity index (χ4v) is 8.04. The second kappa shape index (κ2) is 13.2. The number of hydrogen-bond donors (Lipinski definition) is 2. The van der Waals surface area contributed by atoms with E-state index in [-0.39, 0.29) is 45.1 Å². The number of carboxylic acids is 1. The van der Waals surface area contributed by atoms with Gasteiger partial charge in [0.15, 0.2) is 10.7 Å². The number of amides is 2. The number of imide groups is 1. The van der Waals surface area contributed by atoms with Crippen LogP contribution in [-0.2, 0) is 29.9 Å². The Bertz CT molecular complexity index is 1390. The van der Waals surface area contributed by atoms with Crippen molar-refractivity contribution in [1.29, 1.82) is 0 Å². The van der Waals surface area contributed by atoms with Gasteiger partial charge in [0, 0.05) is 32.3 Å². The number of unbranched alkanes of at least 4 members (excludes halogenated alkanes) is 1. The van der Waals surface area contributed by atoms with Gasteiger partial charge in [-0.25, -0.2) is 19.3 Å². The first-order valence-electron chi connectivity index (χ1n) is 14.4. The number of nitrogens with one attached hydrogen (secondary N) is 1. The number of carbonyl (C=O) groups is 3. The van der Waals surface area contributed by atoms with Crippen LogP contribution in [0.15, 0.2) is 27.4 Å². The Morgan fingerprint density at radius 3 is 2.28 bits per heavy atom. The number of aromatic nitrogens is 1. The van der Waals surface area contributed by atoms with E-state index in [0.29, 0.717) is 24.2 Å². The summed E-state index contributed by atoms with van der Waals surface area (Å²) in [5.41, 5.74) is 0.0472. The van der Waals surface area contributed by atoms with Crippen LogP contribution in [0.5, 0.6) is 0 Å². The van der Waals surface area contributed by atoms with E-state index >= 15 is 0 Å². The Morgan fingerprint density at radius 1 is 1.09 bits per heavy atom. The molecular weight excluding hydrogens is 581 g/mol. The van der Waals surface area contributed by atoms with Crippen LogP contribution >= 0.6 is 7.37 Å². The van der Waals surface area contributed by atoms with Crippen molar-refractivity contribution in [2.45, 2.75) is 90.6 Å². The molecule has 0 aliphatic carbocycles. The molecule has 0 bridgehead atoms. The monoisotopic (exact) mass is 625 g/mol. The molecule has 13 nitrogen and oxygen atoms in total. The minimum absolute atomic E-state index is 0.00168. The number of oxazole rings is 1. The highest BCUT2D eigenvalue weighted by atomic mass is 31.2. The highest BCUT2D eigenvalue weighted by Gasteiger charge is 2.58. The van der Waals surface area contributed by atoms with Gasteiger partial charge in [-0.05, 0) is 85.4 Å². The second-order valence-electron chi connectivity index (χ2n) is 12.8. The normalized spacial score (nSPS) is 21.5. The predicted octanol–water partition coefficient (Wildman–Crippen LogP) is 5.42. The number of rotatable bonds is 10. The number of benzene rings is 1. The van der Waals surface area contributed by atoms with Crippen LogP contribution in [0.1, 0.15) is 73.3 Å². The van der Waals surface area contributed by atoms with Gasteiger partial charge < -0.3 is 23.5 Å². The van der Waals surface area contributed by atoms with Gasteiger partial charge in [-0.3, -0.25) is 19.2 Å². The number of nitrogens with zero attached hydrogens (tertiary/aromatic N) is 2. The van der Waals surface area contributed by atoms with E-state index < -0.39 is 47.6 Å². The number of H-pyrrole nitrogens is 1. The molecule has 0 saturated carbocycles. The third kappa shape index (κ3) is 8.70. The summed E-state index contributed by atoms with van der Waals surface area (Å²) in [5, 5.41) is 8.83. The first kappa shape index (κ1) is 34.3. The molecule has 240 valence electrons. The van der Waals surface area contributed by atoms with E-state index in [1.54, 1.807) is 60.6 Å². The average molecular weight is 626 g/mol. The van der Waals surface area contributed by atoms with Gasteiger partial charge >= 0.3 is 23.9 Å². The third-order valence-corrected chi connectivity index (χ3v) is 10.2. The zero-order valence-corrected chi connectivity index (χ0v) is 27.0. The minimum atomic E-state index is -3.65. The van der Waals surface area contributed by atoms with Gasteiger partial charge in [0.1, 0.15) is 11.2 Å². The summed E-state index contributed by atoms with van der Waals surface area (Å²) in [5.74, 6) is -1.79. The van der Waals surface area contributed by atoms with Crippen LogP contribution in [0.25, 0.3) is 11.1 Å². The molecule has 1 aromatic carbocycles. The maximum absolute atomic E-state index is 14.1. The predicted molar refractivity (Wildman–Crippen MR) is 160 cm³/mol. The van der Waals surface area contributed by atoms with Crippen molar-refractivity contribution in [2.75, 3.05) is 32.4 Å². The maximum atomic E-state index is 14.1. The second-order valence-corrected chi connectivity index (χ2v) is 15.7. The van der Waals surface area contributed by atoms with Crippen molar-refractivity contribution in [1.82, 2.24) is 14.8 Å². The van der Waals surface area contributed by atoms with Crippen LogP contribution in [0.3, 0.4) is 0 Å². The SMILES string of the molecule is CCOP1(=O)CCN(Cc2ccc3[nH]c(=O)oc3c2)CC1(CCCCN(C(=O)OC(C)(C)C)C(=O)OC(C)(C)C)C(=O)O. The lowest BCUT2D eigenvalue weighted by Crippen LogP contribution is -2.54. The fraction of sp³-hybridized carbons (Fsp3) is 0.655. The van der Waals surface area contributed by atoms with Crippen LogP contribution < -0.4 is 5.76 Å². The summed E-state index contributed by atoms with van der Waals surface area (Å²) in [6.45, 7) is 12.5. The van der Waals surface area contributed by atoms with E-state index in [9.17, 15) is 28.8 Å². The van der Waals surface area contributed by atoms with Crippen molar-refractivity contribution in [2.24, 2.45) is 0 Å². The standard InChI is InChI=1S/C29H44N3O10P/c1-8-39-43(38)16-15-31(18-20-11-12-21-22(17-20)40-24(35)30-21)19-29(43,23(33)34)13-9-10-14-32(25(36)41-27(2,3)4)26(37)42-28(5,6)7/h11-12,17H,8-10,13-16,18-19H2,1-7H3,(H,30,35)(H,33,34). The molecule has 2 unspecified atom stereocenters. The third-order valence-electron chi connectivity index (χ3n) is 6.93. The summed E-state index contributed by atoms with van der Waals surface area (Å²) in [6, 6.07) is 5.25. The smallest absolute Gasteiger partial charge is 0.419 e. The molecule has 1 saturated heterocycles. The lowest BCUT2D eigenvalue weighted by atomic mass is 9.99. The van der Waals surface area contributed by atoms with Gasteiger partial charge in [0.25, 0.3) is 0 Å². The lowest BCUT2D eigenvalue weighted by molar-refractivity contribution is -0.141. The summed E-state index contributed by atoms with van der Waals surface area (Å²) in [7, 11) is -3.65. The number of carbonyl (C=O) groups excluding carboxylic acids is 2. The molecule has 1 aromatic heterocycles. The Kier molecular flexibility index (Phi) is 10.6. The highest BCUT2D eigenvalue weighted by Crippen LogP contribution is 2.63. The minimum Gasteiger partial charge on any atom is -0.480 e. The molecular formula is C29H44N3O10P. The van der Waals surface area contributed by atoms with Gasteiger partial charge in [-0.15, -0.1) is 0 Å². The van der Waals surface area contributed by atoms with E-state index in [4.69, 9.17) is 18.4 Å². The number of aromatic amines is 1. The molecule has 2 heterocycles. The molecule has 2 amide bonds. The summed E-state index contributed by atoms with van der Waals surface area (Å²) >= 11 is 0. The van der Waals surface area contributed by atoms with E-state index in [0.717, 1.165) is 10.5 Å². The van der Waals surface area contributed by atoms with Gasteiger partial charge in [-0.2, -0.15) is 0 Å². The molecule has 43 heavy (non-hydrogen) atoms. The van der Waals surface area contributed by atoms with Crippen LogP contribution in [-0.4, -0.2) is 86.8 Å². The van der Waals surface area contributed by atoms with Crippen LogP contribution in [0.4, 0.5) is 9.59 Å². The largest absolute Gasteiger partial charge is 0.480 e. The number of ether oxygens (including phenoxy) is 2. The number of fused-ring (bicyclic) bond motifs is 1. The number of carboxylic acid groups (broad SMARTS) is 1. The van der Waals surface area contributed by atoms with Crippen molar-refractivity contribution < 1.29 is 42.5 Å². The Labute approximate surface area is 251 Å². The molecule has 2 N–H and O–H groups in total. The molecule has 2 aromatic rings. The molecule has 1 fully saturated rings. The Morgan fingerprint density at radius 2 is 1.72 bits per heavy atom. The lowest BCUT2D eigenvalue weighted by Gasteiger charge is -2.45. The van der Waals surface area contributed by atoms with Crippen molar-refractivity contribution >= 4 is 36.6 Å².